The lowest BCUT2D eigenvalue weighted by atomic mass is 10.1. The van der Waals surface area contributed by atoms with Crippen LogP contribution in [0.1, 0.15) is 16.0 Å². The molecule has 0 bridgehead atoms. The second kappa shape index (κ2) is 6.80. The van der Waals surface area contributed by atoms with E-state index in [-0.39, 0.29) is 5.82 Å². The molecule has 2 nitrogen and oxygen atoms in total. The molecule has 2 aromatic rings. The van der Waals surface area contributed by atoms with Gasteiger partial charge >= 0.3 is 0 Å². The maximum absolute atomic E-state index is 13.6. The van der Waals surface area contributed by atoms with Crippen LogP contribution in [0.2, 0.25) is 0 Å². The van der Waals surface area contributed by atoms with Crippen molar-refractivity contribution in [2.24, 2.45) is 0 Å². The summed E-state index contributed by atoms with van der Waals surface area (Å²) < 4.78 is 14.7. The van der Waals surface area contributed by atoms with Crippen molar-refractivity contribution in [1.29, 1.82) is 5.26 Å². The molecule has 0 amide bonds. The van der Waals surface area contributed by atoms with E-state index in [2.05, 4.69) is 27.3 Å². The molecule has 5 heteroatoms. The molecule has 1 heterocycles. The van der Waals surface area contributed by atoms with Gasteiger partial charge in [-0.05, 0) is 46.6 Å². The molecule has 2 rings (SSSR count). The van der Waals surface area contributed by atoms with Crippen LogP contribution in [-0.2, 0) is 13.0 Å². The predicted molar refractivity (Wildman–Crippen MR) is 78.5 cm³/mol. The van der Waals surface area contributed by atoms with Crippen LogP contribution in [0.15, 0.2) is 34.1 Å². The zero-order chi connectivity index (χ0) is 13.7. The summed E-state index contributed by atoms with van der Waals surface area (Å²) in [5, 5.41) is 11.9. The Balaban J connectivity index is 1.81. The summed E-state index contributed by atoms with van der Waals surface area (Å²) in [5.41, 5.74) is 0.941. The van der Waals surface area contributed by atoms with E-state index < -0.39 is 0 Å². The fourth-order valence-electron chi connectivity index (χ4n) is 1.68. The summed E-state index contributed by atoms with van der Waals surface area (Å²) in [6.07, 6.45) is 0.925. The molecule has 98 valence electrons. The highest BCUT2D eigenvalue weighted by atomic mass is 79.9. The number of halogens is 2. The smallest absolute Gasteiger partial charge is 0.129 e. The van der Waals surface area contributed by atoms with Crippen LogP contribution in [0.3, 0.4) is 0 Å². The molecule has 0 aliphatic rings. The molecule has 0 aliphatic carbocycles. The summed E-state index contributed by atoms with van der Waals surface area (Å²) in [7, 11) is 0. The topological polar surface area (TPSA) is 35.8 Å². The van der Waals surface area contributed by atoms with Crippen molar-refractivity contribution in [1.82, 2.24) is 5.32 Å². The average Bonchev–Trinajstić information content (AvgIpc) is 2.82. The van der Waals surface area contributed by atoms with Crippen LogP contribution in [0.4, 0.5) is 4.39 Å². The van der Waals surface area contributed by atoms with Crippen molar-refractivity contribution in [3.05, 3.63) is 55.9 Å². The Labute approximate surface area is 124 Å². The zero-order valence-electron chi connectivity index (χ0n) is 10.1. The molecular weight excluding hydrogens is 327 g/mol. The number of rotatable bonds is 5. The lowest BCUT2D eigenvalue weighted by Gasteiger charge is -2.05. The molecular formula is C14H12BrFN2S. The molecule has 0 unspecified atom stereocenters. The van der Waals surface area contributed by atoms with Crippen LogP contribution < -0.4 is 5.32 Å². The summed E-state index contributed by atoms with van der Waals surface area (Å²) in [4.78, 5) is 1.29. The van der Waals surface area contributed by atoms with Crippen molar-refractivity contribution in [2.75, 3.05) is 6.54 Å². The maximum Gasteiger partial charge on any atom is 0.129 e. The number of benzene rings is 1. The van der Waals surface area contributed by atoms with Crippen LogP contribution >= 0.6 is 27.3 Å². The van der Waals surface area contributed by atoms with Gasteiger partial charge in [0, 0.05) is 23.5 Å². The number of hydrogen-bond donors (Lipinski definition) is 1. The number of nitrogens with zero attached hydrogens (tertiary/aromatic N) is 1. The van der Waals surface area contributed by atoms with Crippen molar-refractivity contribution < 1.29 is 4.39 Å². The highest BCUT2D eigenvalue weighted by Gasteiger charge is 2.03. The Kier molecular flexibility index (Phi) is 5.08. The first-order valence-electron chi connectivity index (χ1n) is 5.82. The van der Waals surface area contributed by atoms with Crippen LogP contribution in [-0.4, -0.2) is 6.54 Å². The van der Waals surface area contributed by atoms with E-state index in [4.69, 9.17) is 5.26 Å². The standard InChI is InChI=1S/C14H12BrFN2S/c15-14-4-3-12(19-14)5-6-18-9-11-2-1-10(8-17)7-13(11)16/h1-4,7,18H,5-6,9H2. The molecule has 1 aromatic heterocycles. The number of hydrogen-bond acceptors (Lipinski definition) is 3. The highest BCUT2D eigenvalue weighted by molar-refractivity contribution is 9.11. The first-order valence-corrected chi connectivity index (χ1v) is 7.43. The Morgan fingerprint density at radius 1 is 1.32 bits per heavy atom. The fraction of sp³-hybridized carbons (Fsp3) is 0.214. The minimum atomic E-state index is -0.328. The van der Waals surface area contributed by atoms with E-state index in [0.29, 0.717) is 17.7 Å². The van der Waals surface area contributed by atoms with Crippen molar-refractivity contribution >= 4 is 27.3 Å². The van der Waals surface area contributed by atoms with E-state index >= 15 is 0 Å². The van der Waals surface area contributed by atoms with Gasteiger partial charge in [-0.2, -0.15) is 5.26 Å². The molecule has 1 aromatic carbocycles. The largest absolute Gasteiger partial charge is 0.312 e. The van der Waals surface area contributed by atoms with E-state index in [0.717, 1.165) is 16.8 Å². The van der Waals surface area contributed by atoms with Gasteiger partial charge in [0.15, 0.2) is 0 Å². The fourth-order valence-corrected chi connectivity index (χ4v) is 3.16. The lowest BCUT2D eigenvalue weighted by molar-refractivity contribution is 0.588. The maximum atomic E-state index is 13.6. The van der Waals surface area contributed by atoms with Gasteiger partial charge in [0.25, 0.3) is 0 Å². The van der Waals surface area contributed by atoms with Gasteiger partial charge in [0.1, 0.15) is 5.82 Å². The highest BCUT2D eigenvalue weighted by Crippen LogP contribution is 2.22. The van der Waals surface area contributed by atoms with Crippen molar-refractivity contribution in [3.8, 4) is 6.07 Å². The lowest BCUT2D eigenvalue weighted by Crippen LogP contribution is -2.17. The van der Waals surface area contributed by atoms with Gasteiger partial charge in [-0.1, -0.05) is 6.07 Å². The minimum absolute atomic E-state index is 0.328. The van der Waals surface area contributed by atoms with Crippen molar-refractivity contribution in [2.45, 2.75) is 13.0 Å². The quantitative estimate of drug-likeness (QED) is 0.840. The molecule has 0 spiro atoms. The first-order chi connectivity index (χ1) is 9.19. The summed E-state index contributed by atoms with van der Waals surface area (Å²) in [6, 6.07) is 10.6. The predicted octanol–water partition coefficient (Wildman–Crippen LogP) is 3.85. The number of nitriles is 1. The summed E-state index contributed by atoms with van der Waals surface area (Å²) in [6.45, 7) is 1.27. The molecule has 0 saturated heterocycles. The third-order valence-corrected chi connectivity index (χ3v) is 4.36. The third kappa shape index (κ3) is 4.13. The molecule has 1 N–H and O–H groups in total. The second-order valence-corrected chi connectivity index (χ2v) is 6.60. The van der Waals surface area contributed by atoms with Crippen LogP contribution in [0.5, 0.6) is 0 Å². The summed E-state index contributed by atoms with van der Waals surface area (Å²) >= 11 is 5.13. The Hall–Kier alpha value is -1.22. The van der Waals surface area contributed by atoms with Gasteiger partial charge in [-0.3, -0.25) is 0 Å². The van der Waals surface area contributed by atoms with Gasteiger partial charge in [-0.15, -0.1) is 11.3 Å². The third-order valence-electron chi connectivity index (χ3n) is 2.67. The molecule has 0 atom stereocenters. The molecule has 0 saturated carbocycles. The molecule has 0 fully saturated rings. The number of thiophene rings is 1. The van der Waals surface area contributed by atoms with Gasteiger partial charge in [0.05, 0.1) is 15.4 Å². The van der Waals surface area contributed by atoms with Gasteiger partial charge in [0.2, 0.25) is 0 Å². The van der Waals surface area contributed by atoms with Crippen molar-refractivity contribution in [3.63, 3.8) is 0 Å². The Morgan fingerprint density at radius 2 is 2.16 bits per heavy atom. The SMILES string of the molecule is N#Cc1ccc(CNCCc2ccc(Br)s2)c(F)c1. The summed E-state index contributed by atoms with van der Waals surface area (Å²) in [5.74, 6) is -0.328. The first kappa shape index (κ1) is 14.2. The normalized spacial score (nSPS) is 10.4. The number of nitrogens with one attached hydrogen (secondary N) is 1. The monoisotopic (exact) mass is 338 g/mol. The zero-order valence-corrected chi connectivity index (χ0v) is 12.5. The van der Waals surface area contributed by atoms with Gasteiger partial charge < -0.3 is 5.32 Å². The van der Waals surface area contributed by atoms with Gasteiger partial charge in [-0.25, -0.2) is 4.39 Å². The van der Waals surface area contributed by atoms with E-state index in [1.54, 1.807) is 23.5 Å². The molecule has 19 heavy (non-hydrogen) atoms. The van der Waals surface area contributed by atoms with E-state index in [1.807, 2.05) is 12.1 Å². The van der Waals surface area contributed by atoms with Crippen LogP contribution in [0.25, 0.3) is 0 Å². The Morgan fingerprint density at radius 3 is 2.79 bits per heavy atom. The average molecular weight is 339 g/mol. The second-order valence-electron chi connectivity index (χ2n) is 4.05. The minimum Gasteiger partial charge on any atom is -0.312 e. The molecule has 0 radical (unpaired) electrons. The van der Waals surface area contributed by atoms with E-state index in [1.165, 1.54) is 10.9 Å². The van der Waals surface area contributed by atoms with E-state index in [9.17, 15) is 4.39 Å². The van der Waals surface area contributed by atoms with Crippen LogP contribution in [0, 0.1) is 17.1 Å². The molecule has 0 aliphatic heterocycles. The Bertz CT molecular complexity index is 604.